The Morgan fingerprint density at radius 2 is 1.85 bits per heavy atom. The van der Waals surface area contributed by atoms with Crippen LogP contribution in [-0.2, 0) is 16.2 Å². The predicted molar refractivity (Wildman–Crippen MR) is 129 cm³/mol. The topological polar surface area (TPSA) is 146 Å². The monoisotopic (exact) mass is 611 g/mol. The van der Waals surface area contributed by atoms with E-state index in [4.69, 9.17) is 16.7 Å². The summed E-state index contributed by atoms with van der Waals surface area (Å²) in [5.41, 5.74) is -2.61. The molecule has 10 nitrogen and oxygen atoms in total. The number of halogens is 6. The number of amides is 1. The highest BCUT2D eigenvalue weighted by molar-refractivity contribution is 7.91. The highest BCUT2D eigenvalue weighted by Gasteiger charge is 2.30. The molecular formula is C21H15ClF5N5O5S2. The third-order valence-electron chi connectivity index (χ3n) is 5.12. The minimum Gasteiger partial charge on any atom is -0.392 e. The first-order valence-electron chi connectivity index (χ1n) is 10.5. The first-order chi connectivity index (χ1) is 18.2. The van der Waals surface area contributed by atoms with Crippen LogP contribution in [0, 0.1) is 0 Å². The van der Waals surface area contributed by atoms with Crippen LogP contribution >= 0.6 is 22.9 Å². The average molecular weight is 612 g/mol. The lowest BCUT2D eigenvalue weighted by atomic mass is 10.1. The number of nitrogens with zero attached hydrogens (tertiary/aromatic N) is 3. The molecule has 3 aromatic heterocycles. The molecule has 18 heteroatoms. The molecule has 0 radical (unpaired) electrons. The third-order valence-corrected chi connectivity index (χ3v) is 8.41. The number of alkyl halides is 5. The minimum absolute atomic E-state index is 0.0632. The lowest BCUT2D eigenvalue weighted by molar-refractivity contribution is -0.137. The van der Waals surface area contributed by atoms with Gasteiger partial charge in [-0.15, -0.1) is 11.3 Å². The summed E-state index contributed by atoms with van der Waals surface area (Å²) in [6.45, 7) is -0.904. The molecule has 0 saturated carbocycles. The molecule has 39 heavy (non-hydrogen) atoms. The number of benzene rings is 1. The lowest BCUT2D eigenvalue weighted by Crippen LogP contribution is -2.36. The Morgan fingerprint density at radius 1 is 1.18 bits per heavy atom. The van der Waals surface area contributed by atoms with Crippen molar-refractivity contribution in [2.45, 2.75) is 23.0 Å². The smallest absolute Gasteiger partial charge is 0.392 e. The van der Waals surface area contributed by atoms with Crippen molar-refractivity contribution >= 4 is 50.2 Å². The first-order valence-corrected chi connectivity index (χ1v) is 13.2. The number of aliphatic hydroxyl groups is 2. The van der Waals surface area contributed by atoms with Gasteiger partial charge in [0.15, 0.2) is 5.65 Å². The maximum absolute atomic E-state index is 13.8. The van der Waals surface area contributed by atoms with Gasteiger partial charge in [-0.05, 0) is 24.3 Å². The van der Waals surface area contributed by atoms with Crippen LogP contribution in [0.2, 0.25) is 4.34 Å². The summed E-state index contributed by atoms with van der Waals surface area (Å²) < 4.78 is 92.8. The molecule has 0 fully saturated rings. The fourth-order valence-corrected chi connectivity index (χ4v) is 6.03. The van der Waals surface area contributed by atoms with Crippen molar-refractivity contribution in [3.8, 4) is 11.3 Å². The van der Waals surface area contributed by atoms with E-state index in [-0.39, 0.29) is 32.5 Å². The van der Waals surface area contributed by atoms with E-state index in [9.17, 15) is 40.3 Å². The summed E-state index contributed by atoms with van der Waals surface area (Å²) in [6.07, 6.45) is -8.57. The predicted octanol–water partition coefficient (Wildman–Crippen LogP) is 3.91. The van der Waals surface area contributed by atoms with E-state index >= 15 is 0 Å². The number of carbonyl (C=O) groups is 1. The van der Waals surface area contributed by atoms with Crippen LogP contribution in [0.4, 0.5) is 27.6 Å². The van der Waals surface area contributed by atoms with Crippen LogP contribution in [-0.4, -0.2) is 52.0 Å². The molecule has 4 N–H and O–H groups in total. The molecule has 4 rings (SSSR count). The summed E-state index contributed by atoms with van der Waals surface area (Å²) in [5.74, 6) is -0.964. The van der Waals surface area contributed by atoms with Crippen molar-refractivity contribution in [1.29, 1.82) is 0 Å². The normalized spacial score (nSPS) is 13.3. The highest BCUT2D eigenvalue weighted by Crippen LogP contribution is 2.36. The summed E-state index contributed by atoms with van der Waals surface area (Å²) in [4.78, 5) is 17.1. The Balaban J connectivity index is 1.70. The molecule has 0 saturated heterocycles. The van der Waals surface area contributed by atoms with E-state index in [0.717, 1.165) is 42.6 Å². The molecule has 1 unspecified atom stereocenters. The number of aromatic nitrogens is 3. The standard InChI is InChI=1S/C21H15ClF5N5O5S2/c22-17-13(6-16(38-17)39(36,37)31-15(34)8-33)30-20(35)11-7-28-32-14(18(23)24)5-12(29-19(11)32)9-1-3-10(4-2-9)21(25,26)27/h1-7,15,18,31,33-34H,8H2,(H,30,35). The maximum Gasteiger partial charge on any atom is 0.416 e. The van der Waals surface area contributed by atoms with Gasteiger partial charge >= 0.3 is 6.18 Å². The van der Waals surface area contributed by atoms with Gasteiger partial charge in [0.1, 0.15) is 26.0 Å². The van der Waals surface area contributed by atoms with E-state index < -0.39 is 56.8 Å². The quantitative estimate of drug-likeness (QED) is 0.175. The number of sulfonamides is 1. The minimum atomic E-state index is -4.61. The van der Waals surface area contributed by atoms with Gasteiger partial charge in [0, 0.05) is 5.56 Å². The number of hydrogen-bond donors (Lipinski definition) is 4. The first kappa shape index (κ1) is 28.8. The van der Waals surface area contributed by atoms with Crippen LogP contribution in [0.5, 0.6) is 0 Å². The summed E-state index contributed by atoms with van der Waals surface area (Å²) in [7, 11) is -4.32. The fourth-order valence-electron chi connectivity index (χ4n) is 3.31. The van der Waals surface area contributed by atoms with Crippen LogP contribution in [0.15, 0.2) is 46.8 Å². The summed E-state index contributed by atoms with van der Waals surface area (Å²) >= 11 is 6.56. The maximum atomic E-state index is 13.8. The van der Waals surface area contributed by atoms with Crippen molar-refractivity contribution in [2.24, 2.45) is 0 Å². The molecule has 0 aliphatic rings. The number of anilines is 1. The summed E-state index contributed by atoms with van der Waals surface area (Å²) in [5, 5.41) is 24.3. The van der Waals surface area contributed by atoms with Gasteiger partial charge in [0.25, 0.3) is 22.4 Å². The molecular weight excluding hydrogens is 597 g/mol. The number of aliphatic hydroxyl groups excluding tert-OH is 2. The van der Waals surface area contributed by atoms with Gasteiger partial charge in [-0.3, -0.25) is 4.79 Å². The second kappa shape index (κ2) is 10.7. The van der Waals surface area contributed by atoms with E-state index in [1.165, 1.54) is 0 Å². The average Bonchev–Trinajstić information content (AvgIpc) is 3.46. The van der Waals surface area contributed by atoms with Crippen LogP contribution < -0.4 is 10.0 Å². The molecule has 208 valence electrons. The van der Waals surface area contributed by atoms with Gasteiger partial charge in [-0.25, -0.2) is 26.7 Å². The SMILES string of the molecule is O=C(Nc1cc(S(=O)(=O)NC(O)CO)sc1Cl)c1cnn2c(C(F)F)cc(-c3ccc(C(F)(F)F)cc3)nc12. The van der Waals surface area contributed by atoms with Crippen LogP contribution in [0.3, 0.4) is 0 Å². The summed E-state index contributed by atoms with van der Waals surface area (Å²) in [6, 6.07) is 5.49. The fraction of sp³-hybridized carbons (Fsp3) is 0.190. The number of hydrogen-bond acceptors (Lipinski definition) is 8. The second-order valence-corrected chi connectivity index (χ2v) is 11.4. The zero-order chi connectivity index (χ0) is 28.7. The molecule has 0 spiro atoms. The number of rotatable bonds is 8. The molecule has 4 aromatic rings. The van der Waals surface area contributed by atoms with Crippen molar-refractivity contribution in [1.82, 2.24) is 19.3 Å². The number of carbonyl (C=O) groups excluding carboxylic acids is 1. The highest BCUT2D eigenvalue weighted by atomic mass is 35.5. The lowest BCUT2D eigenvalue weighted by Gasteiger charge is -2.10. The molecule has 0 aliphatic heterocycles. The van der Waals surface area contributed by atoms with Crippen LogP contribution in [0.25, 0.3) is 16.9 Å². The van der Waals surface area contributed by atoms with Crippen molar-refractivity contribution in [3.05, 3.63) is 63.8 Å². The van der Waals surface area contributed by atoms with E-state index in [1.54, 1.807) is 4.72 Å². The number of thiophene rings is 1. The number of fused-ring (bicyclic) bond motifs is 1. The molecule has 3 heterocycles. The molecule has 1 aromatic carbocycles. The van der Waals surface area contributed by atoms with Gasteiger partial charge in [0.2, 0.25) is 0 Å². The largest absolute Gasteiger partial charge is 0.416 e. The third kappa shape index (κ3) is 6.02. The molecule has 1 amide bonds. The van der Waals surface area contributed by atoms with Gasteiger partial charge in [-0.1, -0.05) is 23.7 Å². The van der Waals surface area contributed by atoms with Gasteiger partial charge < -0.3 is 15.5 Å². The Hall–Kier alpha value is -3.22. The Kier molecular flexibility index (Phi) is 7.93. The zero-order valence-corrected chi connectivity index (χ0v) is 21.3. The molecule has 0 bridgehead atoms. The van der Waals surface area contributed by atoms with E-state index in [1.807, 2.05) is 0 Å². The van der Waals surface area contributed by atoms with E-state index in [2.05, 4.69) is 15.4 Å². The van der Waals surface area contributed by atoms with Crippen molar-refractivity contribution in [3.63, 3.8) is 0 Å². The van der Waals surface area contributed by atoms with Gasteiger partial charge in [0.05, 0.1) is 29.7 Å². The zero-order valence-electron chi connectivity index (χ0n) is 18.9. The molecule has 0 aliphatic carbocycles. The van der Waals surface area contributed by atoms with Crippen molar-refractivity contribution in [2.75, 3.05) is 11.9 Å². The van der Waals surface area contributed by atoms with Crippen molar-refractivity contribution < 1.29 is 45.4 Å². The Morgan fingerprint density at radius 3 is 2.44 bits per heavy atom. The van der Waals surface area contributed by atoms with Crippen LogP contribution in [0.1, 0.15) is 28.0 Å². The Labute approximate surface area is 224 Å². The molecule has 1 atom stereocenters. The number of nitrogens with one attached hydrogen (secondary N) is 2. The second-order valence-electron chi connectivity index (χ2n) is 7.76. The van der Waals surface area contributed by atoms with Gasteiger partial charge in [-0.2, -0.15) is 23.0 Å². The van der Waals surface area contributed by atoms with E-state index in [0.29, 0.717) is 15.9 Å². The Bertz CT molecular complexity index is 1640.